The van der Waals surface area contributed by atoms with Gasteiger partial charge in [-0.25, -0.2) is 0 Å². The summed E-state index contributed by atoms with van der Waals surface area (Å²) < 4.78 is 0. The Hall–Kier alpha value is -2.20. The summed E-state index contributed by atoms with van der Waals surface area (Å²) >= 11 is 1.72. The smallest absolute Gasteiger partial charge is 0.246 e. The van der Waals surface area contributed by atoms with E-state index in [-0.39, 0.29) is 5.91 Å². The number of nitrogens with zero attached hydrogens (tertiary/aromatic N) is 2. The first-order valence-electron chi connectivity index (χ1n) is 8.17. The third-order valence-electron chi connectivity index (χ3n) is 4.25. The summed E-state index contributed by atoms with van der Waals surface area (Å²) in [5, 5.41) is 0. The summed E-state index contributed by atoms with van der Waals surface area (Å²) in [6.45, 7) is 3.30. The van der Waals surface area contributed by atoms with Crippen molar-refractivity contribution in [2.45, 2.75) is 4.90 Å². The number of carbonyl (C=O) groups is 1. The van der Waals surface area contributed by atoms with Gasteiger partial charge in [0, 0.05) is 42.8 Å². The van der Waals surface area contributed by atoms with Gasteiger partial charge in [-0.05, 0) is 42.2 Å². The van der Waals surface area contributed by atoms with Crippen molar-refractivity contribution < 1.29 is 4.79 Å². The van der Waals surface area contributed by atoms with E-state index in [0.717, 1.165) is 31.7 Å². The van der Waals surface area contributed by atoms with Crippen molar-refractivity contribution in [3.63, 3.8) is 0 Å². The number of hydrogen-bond donors (Lipinski definition) is 0. The maximum absolute atomic E-state index is 12.4. The number of anilines is 1. The number of rotatable bonds is 4. The molecule has 0 N–H and O–H groups in total. The zero-order valence-corrected chi connectivity index (χ0v) is 14.7. The standard InChI is InChI=1S/C20H22N2OS/c1-24-19-10-7-17(8-11-19)9-12-20(23)22-15-13-21(14-16-22)18-5-3-2-4-6-18/h2-12H,13-16H2,1H3/b12-9+. The van der Waals surface area contributed by atoms with Crippen LogP contribution < -0.4 is 4.90 Å². The maximum atomic E-state index is 12.4. The molecule has 3 nitrogen and oxygen atoms in total. The molecule has 0 aromatic heterocycles. The minimum atomic E-state index is 0.0941. The quantitative estimate of drug-likeness (QED) is 0.626. The molecule has 2 aromatic rings. The Kier molecular flexibility index (Phi) is 5.59. The highest BCUT2D eigenvalue weighted by Crippen LogP contribution is 2.17. The summed E-state index contributed by atoms with van der Waals surface area (Å²) in [6.07, 6.45) is 5.64. The number of thioether (sulfide) groups is 1. The van der Waals surface area contributed by atoms with Gasteiger partial charge in [0.25, 0.3) is 0 Å². The highest BCUT2D eigenvalue weighted by atomic mass is 32.2. The SMILES string of the molecule is CSc1ccc(/C=C/C(=O)N2CCN(c3ccccc3)CC2)cc1. The monoisotopic (exact) mass is 338 g/mol. The molecule has 4 heteroatoms. The van der Waals surface area contributed by atoms with E-state index < -0.39 is 0 Å². The summed E-state index contributed by atoms with van der Waals surface area (Å²) in [5.41, 5.74) is 2.29. The van der Waals surface area contributed by atoms with Gasteiger partial charge in [-0.2, -0.15) is 0 Å². The zero-order chi connectivity index (χ0) is 16.8. The maximum Gasteiger partial charge on any atom is 0.246 e. The van der Waals surface area contributed by atoms with Crippen molar-refractivity contribution in [2.75, 3.05) is 37.3 Å². The normalized spacial score (nSPS) is 15.0. The number of benzene rings is 2. The van der Waals surface area contributed by atoms with Gasteiger partial charge in [0.2, 0.25) is 5.91 Å². The third-order valence-corrected chi connectivity index (χ3v) is 4.99. The van der Waals surface area contributed by atoms with Crippen molar-refractivity contribution in [2.24, 2.45) is 0 Å². The van der Waals surface area contributed by atoms with Crippen LogP contribution >= 0.6 is 11.8 Å². The molecule has 1 saturated heterocycles. The molecule has 0 atom stereocenters. The van der Waals surface area contributed by atoms with Gasteiger partial charge in [0.05, 0.1) is 0 Å². The minimum absolute atomic E-state index is 0.0941. The van der Waals surface area contributed by atoms with E-state index in [2.05, 4.69) is 47.6 Å². The van der Waals surface area contributed by atoms with Crippen LogP contribution in [0.1, 0.15) is 5.56 Å². The van der Waals surface area contributed by atoms with Crippen LogP contribution in [0.4, 0.5) is 5.69 Å². The number of amides is 1. The van der Waals surface area contributed by atoms with E-state index in [1.54, 1.807) is 17.8 Å². The number of hydrogen-bond acceptors (Lipinski definition) is 3. The van der Waals surface area contributed by atoms with Gasteiger partial charge < -0.3 is 9.80 Å². The number of carbonyl (C=O) groups excluding carboxylic acids is 1. The molecule has 0 saturated carbocycles. The molecule has 1 aliphatic heterocycles. The highest BCUT2D eigenvalue weighted by Gasteiger charge is 2.19. The van der Waals surface area contributed by atoms with Gasteiger partial charge in [-0.1, -0.05) is 30.3 Å². The van der Waals surface area contributed by atoms with Crippen LogP contribution in [-0.4, -0.2) is 43.2 Å². The van der Waals surface area contributed by atoms with Crippen molar-refractivity contribution in [1.29, 1.82) is 0 Å². The van der Waals surface area contributed by atoms with Crippen LogP contribution in [0.3, 0.4) is 0 Å². The molecule has 3 rings (SSSR count). The lowest BCUT2D eigenvalue weighted by Gasteiger charge is -2.35. The van der Waals surface area contributed by atoms with Crippen molar-refractivity contribution in [1.82, 2.24) is 4.90 Å². The molecule has 1 aliphatic rings. The molecule has 0 spiro atoms. The molecule has 2 aromatic carbocycles. The first-order chi connectivity index (χ1) is 11.8. The fourth-order valence-electron chi connectivity index (χ4n) is 2.81. The minimum Gasteiger partial charge on any atom is -0.368 e. The molecular formula is C20H22N2OS. The lowest BCUT2D eigenvalue weighted by molar-refractivity contribution is -0.126. The Morgan fingerprint density at radius 1 is 0.958 bits per heavy atom. The Morgan fingerprint density at radius 2 is 1.62 bits per heavy atom. The van der Waals surface area contributed by atoms with E-state index in [4.69, 9.17) is 0 Å². The number of piperazine rings is 1. The first-order valence-corrected chi connectivity index (χ1v) is 9.40. The molecule has 0 aliphatic carbocycles. The molecule has 1 fully saturated rings. The molecule has 1 amide bonds. The van der Waals surface area contributed by atoms with E-state index >= 15 is 0 Å². The largest absolute Gasteiger partial charge is 0.368 e. The summed E-state index contributed by atoms with van der Waals surface area (Å²) in [5.74, 6) is 0.0941. The van der Waals surface area contributed by atoms with Crippen molar-refractivity contribution >= 4 is 29.4 Å². The van der Waals surface area contributed by atoms with Gasteiger partial charge in [-0.3, -0.25) is 4.79 Å². The Morgan fingerprint density at radius 3 is 2.25 bits per heavy atom. The summed E-state index contributed by atoms with van der Waals surface area (Å²) in [6, 6.07) is 18.6. The van der Waals surface area contributed by atoms with Gasteiger partial charge in [0.1, 0.15) is 0 Å². The molecule has 1 heterocycles. The van der Waals surface area contributed by atoms with Crippen LogP contribution in [0.15, 0.2) is 65.6 Å². The predicted octanol–water partition coefficient (Wildman–Crippen LogP) is 3.77. The van der Waals surface area contributed by atoms with Gasteiger partial charge >= 0.3 is 0 Å². The second-order valence-electron chi connectivity index (χ2n) is 5.75. The molecular weight excluding hydrogens is 316 g/mol. The molecule has 0 unspecified atom stereocenters. The van der Waals surface area contributed by atoms with Gasteiger partial charge in [-0.15, -0.1) is 11.8 Å². The van der Waals surface area contributed by atoms with Crippen LogP contribution in [0.2, 0.25) is 0 Å². The van der Waals surface area contributed by atoms with E-state index in [9.17, 15) is 4.79 Å². The Bertz CT molecular complexity index is 689. The zero-order valence-electron chi connectivity index (χ0n) is 13.9. The highest BCUT2D eigenvalue weighted by molar-refractivity contribution is 7.98. The third kappa shape index (κ3) is 4.20. The molecule has 0 radical (unpaired) electrons. The van der Waals surface area contributed by atoms with Crippen molar-refractivity contribution in [3.8, 4) is 0 Å². The number of para-hydroxylation sites is 1. The predicted molar refractivity (Wildman–Crippen MR) is 102 cm³/mol. The first kappa shape index (κ1) is 16.7. The summed E-state index contributed by atoms with van der Waals surface area (Å²) in [4.78, 5) is 17.8. The average molecular weight is 338 g/mol. The van der Waals surface area contributed by atoms with E-state index in [1.165, 1.54) is 10.6 Å². The average Bonchev–Trinajstić information content (AvgIpc) is 2.67. The second-order valence-corrected chi connectivity index (χ2v) is 6.63. The van der Waals surface area contributed by atoms with Crippen LogP contribution in [0.25, 0.3) is 6.08 Å². The Labute approximate surface area is 148 Å². The van der Waals surface area contributed by atoms with Gasteiger partial charge in [0.15, 0.2) is 0 Å². The van der Waals surface area contributed by atoms with Crippen LogP contribution in [-0.2, 0) is 4.79 Å². The van der Waals surface area contributed by atoms with Crippen LogP contribution in [0.5, 0.6) is 0 Å². The topological polar surface area (TPSA) is 23.6 Å². The summed E-state index contributed by atoms with van der Waals surface area (Å²) in [7, 11) is 0. The molecule has 124 valence electrons. The second kappa shape index (κ2) is 8.06. The van der Waals surface area contributed by atoms with Crippen LogP contribution in [0, 0.1) is 0 Å². The fourth-order valence-corrected chi connectivity index (χ4v) is 3.22. The Balaban J connectivity index is 1.54. The molecule has 24 heavy (non-hydrogen) atoms. The molecule has 0 bridgehead atoms. The fraction of sp³-hybridized carbons (Fsp3) is 0.250. The van der Waals surface area contributed by atoms with E-state index in [0.29, 0.717) is 0 Å². The lowest BCUT2D eigenvalue weighted by Crippen LogP contribution is -2.48. The lowest BCUT2D eigenvalue weighted by atomic mass is 10.2. The van der Waals surface area contributed by atoms with E-state index in [1.807, 2.05) is 29.2 Å². The van der Waals surface area contributed by atoms with Crippen molar-refractivity contribution in [3.05, 3.63) is 66.2 Å².